The first-order valence-corrected chi connectivity index (χ1v) is 12.5. The average Bonchev–Trinajstić information content (AvgIpc) is 2.81. The van der Waals surface area contributed by atoms with Crippen LogP contribution in [0.1, 0.15) is 59.3 Å². The largest absolute Gasteiger partial charge is 0.396 e. The summed E-state index contributed by atoms with van der Waals surface area (Å²) in [6.07, 6.45) is 0.267. The van der Waals surface area contributed by atoms with Crippen molar-refractivity contribution in [1.82, 2.24) is 0 Å². The Morgan fingerprint density at radius 2 is 1.82 bits per heavy atom. The molecule has 0 radical (unpaired) electrons. The molecule has 0 aromatic rings. The Labute approximate surface area is 202 Å². The van der Waals surface area contributed by atoms with Gasteiger partial charge in [0.15, 0.2) is 6.29 Å². The van der Waals surface area contributed by atoms with Crippen molar-refractivity contribution in [2.45, 2.75) is 96.1 Å². The standard InChI is InChI=1S/C26H44O8/c1-15(10-12-33-24-23(32)22(31)21(30)18(13-27)34-24)5-7-17-16(2)6-8-19-25(17,3)11-9-20(29)26(19,4)14-28/h10,17-24,27-32H,2,5-9,11-14H2,1,3-4H3/b15-10+/t17-,18-,19+,20-,21-,22+,23-,24-,25+,26-/m1/s1. The van der Waals surface area contributed by atoms with Crippen LogP contribution >= 0.6 is 0 Å². The second kappa shape index (κ2) is 11.0. The summed E-state index contributed by atoms with van der Waals surface area (Å²) in [7, 11) is 0. The van der Waals surface area contributed by atoms with Crippen molar-refractivity contribution in [3.05, 3.63) is 23.8 Å². The number of ether oxygens (including phenoxy) is 2. The molecule has 0 aromatic carbocycles. The first-order valence-electron chi connectivity index (χ1n) is 12.5. The third-order valence-corrected chi connectivity index (χ3v) is 9.06. The summed E-state index contributed by atoms with van der Waals surface area (Å²) in [5.41, 5.74) is 1.86. The van der Waals surface area contributed by atoms with Crippen LogP contribution in [0.5, 0.6) is 0 Å². The molecule has 1 saturated heterocycles. The second-order valence-corrected chi connectivity index (χ2v) is 11.1. The van der Waals surface area contributed by atoms with Crippen molar-refractivity contribution in [2.75, 3.05) is 19.8 Å². The van der Waals surface area contributed by atoms with Gasteiger partial charge in [0.1, 0.15) is 24.4 Å². The minimum absolute atomic E-state index is 0.0121. The molecule has 8 nitrogen and oxygen atoms in total. The molecule has 8 heteroatoms. The van der Waals surface area contributed by atoms with Gasteiger partial charge in [-0.15, -0.1) is 0 Å². The molecule has 0 bridgehead atoms. The highest BCUT2D eigenvalue weighted by molar-refractivity contribution is 5.18. The number of fused-ring (bicyclic) bond motifs is 1. The van der Waals surface area contributed by atoms with Crippen LogP contribution in [0.2, 0.25) is 0 Å². The third kappa shape index (κ3) is 5.15. The molecule has 0 aromatic heterocycles. The molecule has 6 N–H and O–H groups in total. The first-order chi connectivity index (χ1) is 16.0. The van der Waals surface area contributed by atoms with Crippen LogP contribution in [0.3, 0.4) is 0 Å². The Morgan fingerprint density at radius 1 is 1.12 bits per heavy atom. The van der Waals surface area contributed by atoms with Gasteiger partial charge in [0.05, 0.1) is 25.9 Å². The van der Waals surface area contributed by atoms with Crippen molar-refractivity contribution in [2.24, 2.45) is 22.7 Å². The SMILES string of the molecule is C=C1CC[C@@H]2[C@@](C)(CO)[C@H](O)CC[C@@]2(C)[C@@H]1CC/C(C)=C/CO[C@@H]1O[C@H](CO)[C@@H](O)[C@H](O)[C@H]1O. The Bertz CT molecular complexity index is 738. The highest BCUT2D eigenvalue weighted by Gasteiger charge is 2.57. The van der Waals surface area contributed by atoms with E-state index in [0.29, 0.717) is 12.3 Å². The third-order valence-electron chi connectivity index (χ3n) is 9.06. The Balaban J connectivity index is 1.59. The number of hydrogen-bond donors (Lipinski definition) is 6. The second-order valence-electron chi connectivity index (χ2n) is 11.1. The summed E-state index contributed by atoms with van der Waals surface area (Å²) >= 11 is 0. The molecule has 3 fully saturated rings. The molecular weight excluding hydrogens is 440 g/mol. The molecule has 2 saturated carbocycles. The summed E-state index contributed by atoms with van der Waals surface area (Å²) in [5, 5.41) is 60.0. The number of hydrogen-bond acceptors (Lipinski definition) is 8. The summed E-state index contributed by atoms with van der Waals surface area (Å²) < 4.78 is 11.0. The zero-order chi connectivity index (χ0) is 25.3. The van der Waals surface area contributed by atoms with Gasteiger partial charge in [0.25, 0.3) is 0 Å². The maximum atomic E-state index is 10.7. The Hall–Kier alpha value is -0.840. The molecular formula is C26H44O8. The maximum Gasteiger partial charge on any atom is 0.187 e. The van der Waals surface area contributed by atoms with Crippen LogP contribution in [-0.4, -0.2) is 87.3 Å². The van der Waals surface area contributed by atoms with Crippen molar-refractivity contribution < 1.29 is 40.1 Å². The molecule has 0 spiro atoms. The van der Waals surface area contributed by atoms with E-state index < -0.39 is 48.8 Å². The van der Waals surface area contributed by atoms with E-state index in [1.54, 1.807) is 0 Å². The summed E-state index contributed by atoms with van der Waals surface area (Å²) in [6, 6.07) is 0. The zero-order valence-electron chi connectivity index (χ0n) is 20.8. The molecule has 3 aliphatic rings. The lowest BCUT2D eigenvalue weighted by atomic mass is 9.46. The van der Waals surface area contributed by atoms with Crippen molar-refractivity contribution >= 4 is 0 Å². The monoisotopic (exact) mass is 484 g/mol. The van der Waals surface area contributed by atoms with E-state index in [0.717, 1.165) is 37.7 Å². The normalized spacial score (nSPS) is 45.8. The molecule has 10 atom stereocenters. The lowest BCUT2D eigenvalue weighted by Gasteiger charge is -2.60. The van der Waals surface area contributed by atoms with E-state index >= 15 is 0 Å². The fourth-order valence-electron chi connectivity index (χ4n) is 6.70. The average molecular weight is 485 g/mol. The van der Waals surface area contributed by atoms with Crippen LogP contribution in [0.4, 0.5) is 0 Å². The summed E-state index contributed by atoms with van der Waals surface area (Å²) in [4.78, 5) is 0. The van der Waals surface area contributed by atoms with Gasteiger partial charge < -0.3 is 40.1 Å². The Morgan fingerprint density at radius 3 is 2.47 bits per heavy atom. The number of aliphatic hydroxyl groups excluding tert-OH is 6. The van der Waals surface area contributed by atoms with Gasteiger partial charge in [-0.2, -0.15) is 0 Å². The number of allylic oxidation sites excluding steroid dienone is 2. The predicted octanol–water partition coefficient (Wildman–Crippen LogP) is 1.27. The number of rotatable bonds is 8. The molecule has 1 aliphatic heterocycles. The topological polar surface area (TPSA) is 140 Å². The van der Waals surface area contributed by atoms with Gasteiger partial charge >= 0.3 is 0 Å². The van der Waals surface area contributed by atoms with Crippen molar-refractivity contribution in [1.29, 1.82) is 0 Å². The van der Waals surface area contributed by atoms with Crippen molar-refractivity contribution in [3.63, 3.8) is 0 Å². The molecule has 34 heavy (non-hydrogen) atoms. The van der Waals surface area contributed by atoms with E-state index in [9.17, 15) is 30.6 Å². The smallest absolute Gasteiger partial charge is 0.187 e. The molecule has 0 amide bonds. The maximum absolute atomic E-state index is 10.7. The van der Waals surface area contributed by atoms with Crippen LogP contribution in [0.15, 0.2) is 23.8 Å². The fraction of sp³-hybridized carbons (Fsp3) is 0.846. The number of aliphatic hydroxyl groups is 6. The van der Waals surface area contributed by atoms with Crippen molar-refractivity contribution in [3.8, 4) is 0 Å². The molecule has 196 valence electrons. The summed E-state index contributed by atoms with van der Waals surface area (Å²) in [6.45, 7) is 10.4. The van der Waals surface area contributed by atoms with Crippen LogP contribution in [0.25, 0.3) is 0 Å². The van der Waals surface area contributed by atoms with E-state index in [4.69, 9.17) is 9.47 Å². The van der Waals surface area contributed by atoms with Gasteiger partial charge in [0, 0.05) is 5.41 Å². The first kappa shape index (κ1) is 27.7. The Kier molecular flexibility index (Phi) is 9.02. The zero-order valence-corrected chi connectivity index (χ0v) is 20.8. The molecule has 1 heterocycles. The van der Waals surface area contributed by atoms with Gasteiger partial charge in [-0.05, 0) is 62.7 Å². The van der Waals surface area contributed by atoms with Gasteiger partial charge in [-0.3, -0.25) is 0 Å². The highest BCUT2D eigenvalue weighted by Crippen LogP contribution is 2.61. The van der Waals surface area contributed by atoms with Crippen LogP contribution in [-0.2, 0) is 9.47 Å². The van der Waals surface area contributed by atoms with E-state index in [1.165, 1.54) is 5.57 Å². The van der Waals surface area contributed by atoms with E-state index in [-0.39, 0.29) is 24.5 Å². The molecule has 0 unspecified atom stereocenters. The highest BCUT2D eigenvalue weighted by atomic mass is 16.7. The quantitative estimate of drug-likeness (QED) is 0.283. The summed E-state index contributed by atoms with van der Waals surface area (Å²) in [5.74, 6) is 0.544. The van der Waals surface area contributed by atoms with Gasteiger partial charge in [-0.25, -0.2) is 0 Å². The predicted molar refractivity (Wildman–Crippen MR) is 127 cm³/mol. The van der Waals surface area contributed by atoms with E-state index in [2.05, 4.69) is 13.5 Å². The lowest BCUT2D eigenvalue weighted by molar-refractivity contribution is -0.298. The van der Waals surface area contributed by atoms with Gasteiger partial charge in [-0.1, -0.05) is 37.6 Å². The fourth-order valence-corrected chi connectivity index (χ4v) is 6.70. The van der Waals surface area contributed by atoms with E-state index in [1.807, 2.05) is 19.9 Å². The molecule has 3 rings (SSSR count). The minimum atomic E-state index is -1.45. The van der Waals surface area contributed by atoms with Gasteiger partial charge in [0.2, 0.25) is 0 Å². The minimum Gasteiger partial charge on any atom is -0.396 e. The van der Waals surface area contributed by atoms with Crippen LogP contribution in [0, 0.1) is 22.7 Å². The molecule has 2 aliphatic carbocycles. The lowest BCUT2D eigenvalue weighted by Crippen LogP contribution is -2.59. The van der Waals surface area contributed by atoms with Crippen LogP contribution < -0.4 is 0 Å².